The van der Waals surface area contributed by atoms with Gasteiger partial charge in [0.25, 0.3) is 0 Å². The van der Waals surface area contributed by atoms with Crippen LogP contribution in [0, 0.1) is 0 Å². The van der Waals surface area contributed by atoms with Crippen LogP contribution in [0.25, 0.3) is 0 Å². The van der Waals surface area contributed by atoms with Crippen LogP contribution in [0.2, 0.25) is 0 Å². The molecule has 1 saturated heterocycles. The average molecular weight is 248 g/mol. The number of carboxylic acid groups (broad SMARTS) is 1. The molecule has 0 spiro atoms. The minimum absolute atomic E-state index is 0.140. The van der Waals surface area contributed by atoms with Crippen LogP contribution in [-0.4, -0.2) is 53.6 Å². The average Bonchev–Trinajstić information content (AvgIpc) is 2.39. The van der Waals surface area contributed by atoms with Crippen LogP contribution in [-0.2, 0) is 4.79 Å². The summed E-state index contributed by atoms with van der Waals surface area (Å²) in [6, 6.07) is 9.81. The lowest BCUT2D eigenvalue weighted by atomic mass is 10.0. The number of hydrogen-bond acceptors (Lipinski definition) is 3. The van der Waals surface area contributed by atoms with Gasteiger partial charge in [0.2, 0.25) is 0 Å². The molecule has 4 nitrogen and oxygen atoms in total. The number of rotatable bonds is 3. The van der Waals surface area contributed by atoms with Crippen molar-refractivity contribution >= 4 is 5.97 Å². The van der Waals surface area contributed by atoms with Gasteiger partial charge in [0, 0.05) is 25.7 Å². The molecule has 1 aliphatic heterocycles. The molecule has 0 radical (unpaired) electrons. The third-order valence-electron chi connectivity index (χ3n) is 3.69. The lowest BCUT2D eigenvalue weighted by Crippen LogP contribution is -2.55. The predicted octanol–water partition coefficient (Wildman–Crippen LogP) is 1.45. The molecule has 2 atom stereocenters. The number of piperazine rings is 1. The number of carboxylic acids is 1. The SMILES string of the molecule is CC(c1ccccc1)N1CCN(C)CC1C(=O)O. The molecule has 1 fully saturated rings. The van der Waals surface area contributed by atoms with Gasteiger partial charge in [-0.1, -0.05) is 30.3 Å². The molecule has 0 bridgehead atoms. The molecule has 1 aliphatic rings. The first kappa shape index (κ1) is 13.1. The Morgan fingerprint density at radius 1 is 1.33 bits per heavy atom. The van der Waals surface area contributed by atoms with E-state index in [1.165, 1.54) is 5.56 Å². The summed E-state index contributed by atoms with van der Waals surface area (Å²) in [5.74, 6) is -0.732. The first-order valence-corrected chi connectivity index (χ1v) is 6.31. The van der Waals surface area contributed by atoms with Gasteiger partial charge in [0.05, 0.1) is 0 Å². The predicted molar refractivity (Wildman–Crippen MR) is 70.5 cm³/mol. The maximum Gasteiger partial charge on any atom is 0.322 e. The maximum atomic E-state index is 11.4. The molecule has 0 aliphatic carbocycles. The van der Waals surface area contributed by atoms with Crippen molar-refractivity contribution in [1.82, 2.24) is 9.80 Å². The lowest BCUT2D eigenvalue weighted by molar-refractivity contribution is -0.146. The summed E-state index contributed by atoms with van der Waals surface area (Å²) in [5, 5.41) is 9.35. The minimum atomic E-state index is -0.732. The Morgan fingerprint density at radius 3 is 2.61 bits per heavy atom. The molecule has 1 aromatic rings. The third-order valence-corrected chi connectivity index (χ3v) is 3.69. The second kappa shape index (κ2) is 5.50. The van der Waals surface area contributed by atoms with Crippen molar-refractivity contribution in [3.63, 3.8) is 0 Å². The fourth-order valence-corrected chi connectivity index (χ4v) is 2.54. The van der Waals surface area contributed by atoms with E-state index < -0.39 is 12.0 Å². The highest BCUT2D eigenvalue weighted by molar-refractivity contribution is 5.74. The Morgan fingerprint density at radius 2 is 2.00 bits per heavy atom. The quantitative estimate of drug-likeness (QED) is 0.879. The highest BCUT2D eigenvalue weighted by Gasteiger charge is 2.34. The number of aliphatic carboxylic acids is 1. The molecule has 0 aromatic heterocycles. The number of carbonyl (C=O) groups is 1. The van der Waals surface area contributed by atoms with E-state index in [1.807, 2.05) is 25.2 Å². The van der Waals surface area contributed by atoms with Crippen molar-refractivity contribution in [2.24, 2.45) is 0 Å². The van der Waals surface area contributed by atoms with Crippen molar-refractivity contribution in [3.8, 4) is 0 Å². The van der Waals surface area contributed by atoms with Crippen LogP contribution < -0.4 is 0 Å². The molecule has 2 rings (SSSR count). The van der Waals surface area contributed by atoms with E-state index in [9.17, 15) is 9.90 Å². The topological polar surface area (TPSA) is 43.8 Å². The van der Waals surface area contributed by atoms with Crippen LogP contribution in [0.1, 0.15) is 18.5 Å². The van der Waals surface area contributed by atoms with E-state index in [0.717, 1.165) is 13.1 Å². The van der Waals surface area contributed by atoms with Crippen LogP contribution in [0.15, 0.2) is 30.3 Å². The first-order chi connectivity index (χ1) is 8.59. The highest BCUT2D eigenvalue weighted by Crippen LogP contribution is 2.24. The second-order valence-electron chi connectivity index (χ2n) is 4.94. The Kier molecular flexibility index (Phi) is 3.99. The number of hydrogen-bond donors (Lipinski definition) is 1. The van der Waals surface area contributed by atoms with Crippen LogP contribution in [0.3, 0.4) is 0 Å². The second-order valence-corrected chi connectivity index (χ2v) is 4.94. The summed E-state index contributed by atoms with van der Waals surface area (Å²) in [6.07, 6.45) is 0. The molecule has 0 saturated carbocycles. The zero-order valence-corrected chi connectivity index (χ0v) is 10.9. The van der Waals surface area contributed by atoms with Gasteiger partial charge in [0.15, 0.2) is 0 Å². The summed E-state index contributed by atoms with van der Waals surface area (Å²) in [7, 11) is 1.97. The molecule has 18 heavy (non-hydrogen) atoms. The molecule has 0 amide bonds. The van der Waals surface area contributed by atoms with Gasteiger partial charge in [-0.2, -0.15) is 0 Å². The van der Waals surface area contributed by atoms with Gasteiger partial charge in [-0.05, 0) is 19.5 Å². The van der Waals surface area contributed by atoms with Gasteiger partial charge >= 0.3 is 5.97 Å². The molecule has 1 heterocycles. The molecular formula is C14H20N2O2. The molecule has 1 aromatic carbocycles. The minimum Gasteiger partial charge on any atom is -0.480 e. The number of likely N-dealkylation sites (N-methyl/N-ethyl adjacent to an activating group) is 1. The summed E-state index contributed by atoms with van der Waals surface area (Å²) < 4.78 is 0. The highest BCUT2D eigenvalue weighted by atomic mass is 16.4. The fraction of sp³-hybridized carbons (Fsp3) is 0.500. The van der Waals surface area contributed by atoms with Gasteiger partial charge in [-0.3, -0.25) is 9.69 Å². The van der Waals surface area contributed by atoms with Gasteiger partial charge in [-0.15, -0.1) is 0 Å². The number of benzene rings is 1. The van der Waals surface area contributed by atoms with E-state index in [4.69, 9.17) is 0 Å². The molecule has 4 heteroatoms. The smallest absolute Gasteiger partial charge is 0.322 e. The van der Waals surface area contributed by atoms with Gasteiger partial charge < -0.3 is 10.0 Å². The zero-order chi connectivity index (χ0) is 13.1. The molecular weight excluding hydrogens is 228 g/mol. The largest absolute Gasteiger partial charge is 0.480 e. The maximum absolute atomic E-state index is 11.4. The van der Waals surface area contributed by atoms with E-state index in [1.54, 1.807) is 0 Å². The zero-order valence-electron chi connectivity index (χ0n) is 10.9. The summed E-state index contributed by atoms with van der Waals surface area (Å²) in [6.45, 7) is 4.38. The van der Waals surface area contributed by atoms with Crippen LogP contribution in [0.5, 0.6) is 0 Å². The Labute approximate surface area is 108 Å². The fourth-order valence-electron chi connectivity index (χ4n) is 2.54. The van der Waals surface area contributed by atoms with Crippen LogP contribution in [0.4, 0.5) is 0 Å². The Hall–Kier alpha value is -1.39. The van der Waals surface area contributed by atoms with Crippen LogP contribution >= 0.6 is 0 Å². The lowest BCUT2D eigenvalue weighted by Gasteiger charge is -2.41. The summed E-state index contributed by atoms with van der Waals surface area (Å²) in [4.78, 5) is 15.5. The van der Waals surface area contributed by atoms with Gasteiger partial charge in [-0.25, -0.2) is 0 Å². The van der Waals surface area contributed by atoms with E-state index in [0.29, 0.717) is 6.54 Å². The van der Waals surface area contributed by atoms with Crippen molar-refractivity contribution in [2.75, 3.05) is 26.7 Å². The first-order valence-electron chi connectivity index (χ1n) is 6.31. The summed E-state index contributed by atoms with van der Waals surface area (Å²) >= 11 is 0. The normalized spacial score (nSPS) is 23.8. The molecule has 1 N–H and O–H groups in total. The van der Waals surface area contributed by atoms with Gasteiger partial charge in [0.1, 0.15) is 6.04 Å². The van der Waals surface area contributed by atoms with Crippen molar-refractivity contribution < 1.29 is 9.90 Å². The summed E-state index contributed by atoms with van der Waals surface area (Å²) in [5.41, 5.74) is 1.17. The Bertz CT molecular complexity index is 408. The third kappa shape index (κ3) is 2.71. The van der Waals surface area contributed by atoms with E-state index in [-0.39, 0.29) is 6.04 Å². The van der Waals surface area contributed by atoms with Crippen molar-refractivity contribution in [2.45, 2.75) is 19.0 Å². The standard InChI is InChI=1S/C14H20N2O2/c1-11(12-6-4-3-5-7-12)16-9-8-15(2)10-13(16)14(17)18/h3-7,11,13H,8-10H2,1-2H3,(H,17,18). The monoisotopic (exact) mass is 248 g/mol. The molecule has 98 valence electrons. The van der Waals surface area contributed by atoms with E-state index in [2.05, 4.69) is 28.9 Å². The van der Waals surface area contributed by atoms with Crippen molar-refractivity contribution in [3.05, 3.63) is 35.9 Å². The number of nitrogens with zero attached hydrogens (tertiary/aromatic N) is 2. The molecule has 2 unspecified atom stereocenters. The Balaban J connectivity index is 2.17. The van der Waals surface area contributed by atoms with E-state index >= 15 is 0 Å². The van der Waals surface area contributed by atoms with Crippen molar-refractivity contribution in [1.29, 1.82) is 0 Å².